The minimum atomic E-state index is -0.0325. The van der Waals surface area contributed by atoms with Crippen LogP contribution in [0.5, 0.6) is 0 Å². The highest BCUT2D eigenvalue weighted by molar-refractivity contribution is 6.29. The maximum Gasteiger partial charge on any atom is 0.228 e. The first-order valence-corrected chi connectivity index (χ1v) is 6.07. The average Bonchev–Trinajstić information content (AvgIpc) is 2.29. The van der Waals surface area contributed by atoms with Crippen LogP contribution in [0.4, 0.5) is 5.82 Å². The molecule has 0 spiro atoms. The Morgan fingerprint density at radius 2 is 2.11 bits per heavy atom. The summed E-state index contributed by atoms with van der Waals surface area (Å²) in [6.45, 7) is 0. The Morgan fingerprint density at radius 1 is 1.37 bits per heavy atom. The summed E-state index contributed by atoms with van der Waals surface area (Å²) in [4.78, 5) is 19.6. The van der Waals surface area contributed by atoms with E-state index in [2.05, 4.69) is 15.3 Å². The Balaban J connectivity index is 0.00000162. The highest BCUT2D eigenvalue weighted by Gasteiger charge is 2.25. The molecule has 1 saturated carbocycles. The van der Waals surface area contributed by atoms with Gasteiger partial charge in [-0.15, -0.1) is 24.8 Å². The second kappa shape index (κ2) is 8.53. The third-order valence-electron chi connectivity index (χ3n) is 2.97. The van der Waals surface area contributed by atoms with E-state index in [0.717, 1.165) is 25.7 Å². The smallest absolute Gasteiger partial charge is 0.228 e. The minimum absolute atomic E-state index is 0. The molecule has 0 radical (unpaired) electrons. The zero-order chi connectivity index (χ0) is 12.3. The van der Waals surface area contributed by atoms with Crippen LogP contribution in [0, 0.1) is 5.92 Å². The number of hydrogen-bond acceptors (Lipinski definition) is 4. The highest BCUT2D eigenvalue weighted by Crippen LogP contribution is 2.24. The summed E-state index contributed by atoms with van der Waals surface area (Å²) in [6, 6.07) is 1.66. The first-order chi connectivity index (χ1) is 8.15. The summed E-state index contributed by atoms with van der Waals surface area (Å²) in [6.07, 6.45) is 4.96. The molecule has 1 amide bonds. The molecule has 1 aliphatic rings. The van der Waals surface area contributed by atoms with Gasteiger partial charge in [0.15, 0.2) is 0 Å². The molecule has 108 valence electrons. The highest BCUT2D eigenvalue weighted by atomic mass is 35.5. The van der Waals surface area contributed by atoms with Gasteiger partial charge in [0.2, 0.25) is 5.91 Å². The third kappa shape index (κ3) is 5.48. The topological polar surface area (TPSA) is 80.9 Å². The van der Waals surface area contributed by atoms with E-state index in [4.69, 9.17) is 17.3 Å². The number of nitrogens with zero attached hydrogens (tertiary/aromatic N) is 2. The number of aromatic nitrogens is 2. The van der Waals surface area contributed by atoms with Gasteiger partial charge in [0.25, 0.3) is 0 Å². The molecule has 3 N–H and O–H groups in total. The standard InChI is InChI=1S/C11H15ClN4O.2ClH/c12-9-5-10(15-6-14-9)16-11(17)7-2-1-3-8(13)4-7;;/h5-8H,1-4,13H2,(H,14,15,16,17);2*1H/t7-,8+;;/m1../s1. The monoisotopic (exact) mass is 326 g/mol. The van der Waals surface area contributed by atoms with E-state index < -0.39 is 0 Å². The molecule has 0 saturated heterocycles. The lowest BCUT2D eigenvalue weighted by atomic mass is 9.85. The first-order valence-electron chi connectivity index (χ1n) is 5.69. The number of halogens is 3. The van der Waals surface area contributed by atoms with Crippen molar-refractivity contribution in [3.05, 3.63) is 17.5 Å². The van der Waals surface area contributed by atoms with Crippen molar-refractivity contribution in [2.24, 2.45) is 11.7 Å². The summed E-state index contributed by atoms with van der Waals surface area (Å²) < 4.78 is 0. The lowest BCUT2D eigenvalue weighted by Gasteiger charge is -2.25. The van der Waals surface area contributed by atoms with Gasteiger partial charge in [0, 0.05) is 18.0 Å². The zero-order valence-electron chi connectivity index (χ0n) is 10.2. The number of nitrogens with two attached hydrogens (primary N) is 1. The van der Waals surface area contributed by atoms with E-state index >= 15 is 0 Å². The van der Waals surface area contributed by atoms with Crippen LogP contribution in [0.15, 0.2) is 12.4 Å². The van der Waals surface area contributed by atoms with E-state index in [1.165, 1.54) is 12.4 Å². The second-order valence-corrected chi connectivity index (χ2v) is 4.73. The summed E-state index contributed by atoms with van der Waals surface area (Å²) in [5, 5.41) is 3.06. The van der Waals surface area contributed by atoms with Crippen LogP contribution in [-0.2, 0) is 4.79 Å². The fourth-order valence-electron chi connectivity index (χ4n) is 2.10. The van der Waals surface area contributed by atoms with Crippen molar-refractivity contribution in [2.45, 2.75) is 31.7 Å². The number of nitrogens with one attached hydrogen (secondary N) is 1. The second-order valence-electron chi connectivity index (χ2n) is 4.34. The lowest BCUT2D eigenvalue weighted by Crippen LogP contribution is -2.34. The average molecular weight is 328 g/mol. The van der Waals surface area contributed by atoms with Crippen LogP contribution in [0.3, 0.4) is 0 Å². The Bertz CT molecular complexity index is 419. The van der Waals surface area contributed by atoms with Gasteiger partial charge in [-0.1, -0.05) is 18.0 Å². The maximum absolute atomic E-state index is 12.0. The zero-order valence-corrected chi connectivity index (χ0v) is 12.6. The molecule has 8 heteroatoms. The van der Waals surface area contributed by atoms with Gasteiger partial charge in [-0.05, 0) is 19.3 Å². The fraction of sp³-hybridized carbons (Fsp3) is 0.545. The number of carbonyl (C=O) groups excluding carboxylic acids is 1. The number of carbonyl (C=O) groups is 1. The molecule has 5 nitrogen and oxygen atoms in total. The molecular formula is C11H17Cl3N4O. The van der Waals surface area contributed by atoms with Crippen LogP contribution in [-0.4, -0.2) is 21.9 Å². The van der Waals surface area contributed by atoms with Crippen LogP contribution in [0.2, 0.25) is 5.15 Å². The van der Waals surface area contributed by atoms with Gasteiger partial charge >= 0.3 is 0 Å². The van der Waals surface area contributed by atoms with Crippen molar-refractivity contribution < 1.29 is 4.79 Å². The van der Waals surface area contributed by atoms with Crippen molar-refractivity contribution in [1.29, 1.82) is 0 Å². The molecule has 19 heavy (non-hydrogen) atoms. The van der Waals surface area contributed by atoms with Crippen molar-refractivity contribution in [2.75, 3.05) is 5.32 Å². The normalized spacial score (nSPS) is 21.8. The van der Waals surface area contributed by atoms with Crippen molar-refractivity contribution in [3.63, 3.8) is 0 Å². The van der Waals surface area contributed by atoms with Crippen LogP contribution in [0.25, 0.3) is 0 Å². The van der Waals surface area contributed by atoms with Crippen molar-refractivity contribution in [1.82, 2.24) is 9.97 Å². The molecular weight excluding hydrogens is 311 g/mol. The van der Waals surface area contributed by atoms with Gasteiger partial charge < -0.3 is 11.1 Å². The SMILES string of the molecule is Cl.Cl.N[C@H]1CCC[C@@H](C(=O)Nc2cc(Cl)ncn2)C1. The molecule has 0 bridgehead atoms. The van der Waals surface area contributed by atoms with Crippen molar-refractivity contribution >= 4 is 48.1 Å². The van der Waals surface area contributed by atoms with E-state index in [0.29, 0.717) is 11.0 Å². The Labute approximate surface area is 129 Å². The number of amides is 1. The summed E-state index contributed by atoms with van der Waals surface area (Å²) >= 11 is 5.71. The van der Waals surface area contributed by atoms with Crippen molar-refractivity contribution in [3.8, 4) is 0 Å². The summed E-state index contributed by atoms with van der Waals surface area (Å²) in [7, 11) is 0. The predicted molar refractivity (Wildman–Crippen MR) is 80.1 cm³/mol. The molecule has 2 atom stereocenters. The van der Waals surface area contributed by atoms with E-state index in [-0.39, 0.29) is 42.7 Å². The lowest BCUT2D eigenvalue weighted by molar-refractivity contribution is -0.120. The third-order valence-corrected chi connectivity index (χ3v) is 3.18. The predicted octanol–water partition coefficient (Wildman–Crippen LogP) is 2.43. The molecule has 1 heterocycles. The number of anilines is 1. The minimum Gasteiger partial charge on any atom is -0.328 e. The first kappa shape index (κ1) is 18.4. The summed E-state index contributed by atoms with van der Waals surface area (Å²) in [5.74, 6) is 0.386. The molecule has 1 aromatic rings. The molecule has 1 aliphatic carbocycles. The Morgan fingerprint density at radius 3 is 2.74 bits per heavy atom. The van der Waals surface area contributed by atoms with Crippen LogP contribution in [0.1, 0.15) is 25.7 Å². The van der Waals surface area contributed by atoms with Crippen LogP contribution < -0.4 is 11.1 Å². The molecule has 0 unspecified atom stereocenters. The molecule has 0 aromatic carbocycles. The van der Waals surface area contributed by atoms with Gasteiger partial charge in [-0.3, -0.25) is 4.79 Å². The van der Waals surface area contributed by atoms with Gasteiger partial charge in [-0.25, -0.2) is 9.97 Å². The van der Waals surface area contributed by atoms with E-state index in [1.807, 2.05) is 0 Å². The Kier molecular flexibility index (Phi) is 8.25. The van der Waals surface area contributed by atoms with Gasteiger partial charge in [0.1, 0.15) is 17.3 Å². The van der Waals surface area contributed by atoms with Crippen LogP contribution >= 0.6 is 36.4 Å². The quantitative estimate of drug-likeness (QED) is 0.817. The van der Waals surface area contributed by atoms with E-state index in [1.54, 1.807) is 0 Å². The number of rotatable bonds is 2. The summed E-state index contributed by atoms with van der Waals surface area (Å²) in [5.41, 5.74) is 5.85. The maximum atomic E-state index is 12.0. The van der Waals surface area contributed by atoms with Gasteiger partial charge in [0.05, 0.1) is 0 Å². The largest absolute Gasteiger partial charge is 0.328 e. The molecule has 2 rings (SSSR count). The Hall–Kier alpha value is -0.620. The van der Waals surface area contributed by atoms with Gasteiger partial charge in [-0.2, -0.15) is 0 Å². The molecule has 1 aromatic heterocycles. The fourth-order valence-corrected chi connectivity index (χ4v) is 2.24. The molecule has 0 aliphatic heterocycles. The van der Waals surface area contributed by atoms with E-state index in [9.17, 15) is 4.79 Å². The molecule has 1 fully saturated rings. The number of hydrogen-bond donors (Lipinski definition) is 2.